The Kier molecular flexibility index (Phi) is 6.18. The van der Waals surface area contributed by atoms with E-state index in [4.69, 9.17) is 11.6 Å². The Morgan fingerprint density at radius 2 is 1.86 bits per heavy atom. The molecule has 0 aliphatic heterocycles. The van der Waals surface area contributed by atoms with Crippen molar-refractivity contribution in [3.63, 3.8) is 0 Å². The van der Waals surface area contributed by atoms with Gasteiger partial charge in [0.25, 0.3) is 0 Å². The smallest absolute Gasteiger partial charge is 0.351 e. The summed E-state index contributed by atoms with van der Waals surface area (Å²) in [4.78, 5) is 12.7. The lowest BCUT2D eigenvalue weighted by molar-refractivity contribution is -0.138. The van der Waals surface area contributed by atoms with Crippen molar-refractivity contribution in [3.8, 4) is 6.07 Å². The number of hydrogen-bond donors (Lipinski definition) is 1. The van der Waals surface area contributed by atoms with Gasteiger partial charge in [-0.2, -0.15) is 18.4 Å². The average molecular weight is 421 g/mol. The highest BCUT2D eigenvalue weighted by atomic mass is 35.5. The number of nitriles is 1. The van der Waals surface area contributed by atoms with Crippen LogP contribution in [0, 0.1) is 16.7 Å². The van der Waals surface area contributed by atoms with Crippen LogP contribution in [0.3, 0.4) is 0 Å². The summed E-state index contributed by atoms with van der Waals surface area (Å²) in [7, 11) is 0. The van der Waals surface area contributed by atoms with Gasteiger partial charge in [-0.25, -0.2) is 0 Å². The van der Waals surface area contributed by atoms with Crippen LogP contribution >= 0.6 is 11.6 Å². The van der Waals surface area contributed by atoms with Gasteiger partial charge in [0.15, 0.2) is 0 Å². The van der Waals surface area contributed by atoms with Crippen LogP contribution < -0.4 is 5.32 Å². The summed E-state index contributed by atoms with van der Waals surface area (Å²) in [6, 6.07) is 14.8. The van der Waals surface area contributed by atoms with E-state index >= 15 is 0 Å². The van der Waals surface area contributed by atoms with E-state index in [1.54, 1.807) is 6.07 Å². The fourth-order valence-corrected chi connectivity index (χ4v) is 4.09. The monoisotopic (exact) mass is 420 g/mol. The van der Waals surface area contributed by atoms with E-state index < -0.39 is 23.1 Å². The molecular formula is C22H20ClF3N2O. The highest BCUT2D eigenvalue weighted by Gasteiger charge is 2.42. The van der Waals surface area contributed by atoms with E-state index in [-0.39, 0.29) is 18.0 Å². The lowest BCUT2D eigenvalue weighted by atomic mass is 9.69. The molecule has 0 saturated heterocycles. The van der Waals surface area contributed by atoms with Gasteiger partial charge in [0, 0.05) is 11.6 Å². The maximum absolute atomic E-state index is 13.1. The van der Waals surface area contributed by atoms with Crippen molar-refractivity contribution >= 4 is 17.5 Å². The molecule has 0 aromatic heterocycles. The minimum Gasteiger partial charge on any atom is -0.351 e. The summed E-state index contributed by atoms with van der Waals surface area (Å²) in [6.07, 6.45) is -2.51. The highest BCUT2D eigenvalue weighted by Crippen LogP contribution is 2.43. The van der Waals surface area contributed by atoms with Gasteiger partial charge in [-0.3, -0.25) is 4.79 Å². The number of carbonyl (C=O) groups excluding carboxylic acids is 1. The maximum atomic E-state index is 13.1. The molecule has 1 fully saturated rings. The summed E-state index contributed by atoms with van der Waals surface area (Å²) in [5, 5.41) is 12.9. The molecule has 0 radical (unpaired) electrons. The van der Waals surface area contributed by atoms with Gasteiger partial charge in [-0.1, -0.05) is 41.9 Å². The Balaban J connectivity index is 1.67. The molecule has 7 heteroatoms. The van der Waals surface area contributed by atoms with Gasteiger partial charge < -0.3 is 5.32 Å². The third kappa shape index (κ3) is 4.73. The van der Waals surface area contributed by atoms with E-state index in [9.17, 15) is 23.2 Å². The fraction of sp³-hybridized carbons (Fsp3) is 0.364. The molecule has 1 aliphatic carbocycles. The molecular weight excluding hydrogens is 401 g/mol. The minimum atomic E-state index is -4.50. The zero-order valence-electron chi connectivity index (χ0n) is 15.6. The fourth-order valence-electron chi connectivity index (χ4n) is 3.89. The van der Waals surface area contributed by atoms with Crippen molar-refractivity contribution in [2.45, 2.75) is 44.3 Å². The molecule has 3 rings (SSSR count). The van der Waals surface area contributed by atoms with Crippen LogP contribution in [0.2, 0.25) is 5.02 Å². The molecule has 0 heterocycles. The van der Waals surface area contributed by atoms with Crippen molar-refractivity contribution in [1.29, 1.82) is 5.26 Å². The lowest BCUT2D eigenvalue weighted by Gasteiger charge is -2.34. The average Bonchev–Trinajstić information content (AvgIpc) is 2.71. The van der Waals surface area contributed by atoms with Gasteiger partial charge in [0.05, 0.1) is 11.6 Å². The Morgan fingerprint density at radius 1 is 1.17 bits per heavy atom. The molecule has 152 valence electrons. The standard InChI is InChI=1S/C22H20ClF3N2O/c23-18-6-3-5-16(12-18)15-8-10-21(14-27,11-9-15)20(29)28-13-17-4-1-2-7-19(17)22(24,25)26/h1-7,12,15H,8-11,13H2,(H,28,29). The second-order valence-electron chi connectivity index (χ2n) is 7.36. The van der Waals surface area contributed by atoms with Crippen molar-refractivity contribution in [2.24, 2.45) is 5.41 Å². The predicted molar refractivity (Wildman–Crippen MR) is 104 cm³/mol. The van der Waals surface area contributed by atoms with E-state index in [1.807, 2.05) is 18.2 Å². The molecule has 1 saturated carbocycles. The topological polar surface area (TPSA) is 52.9 Å². The van der Waals surface area contributed by atoms with E-state index in [1.165, 1.54) is 18.2 Å². The van der Waals surface area contributed by atoms with Crippen molar-refractivity contribution in [1.82, 2.24) is 5.32 Å². The summed E-state index contributed by atoms with van der Waals surface area (Å²) >= 11 is 6.05. The van der Waals surface area contributed by atoms with Gasteiger partial charge in [-0.15, -0.1) is 0 Å². The summed E-state index contributed by atoms with van der Waals surface area (Å²) in [6.45, 7) is -0.268. The first-order chi connectivity index (χ1) is 13.7. The number of alkyl halides is 3. The molecule has 0 unspecified atom stereocenters. The van der Waals surface area contributed by atoms with E-state index in [0.29, 0.717) is 30.7 Å². The third-order valence-electron chi connectivity index (χ3n) is 5.57. The lowest BCUT2D eigenvalue weighted by Crippen LogP contribution is -2.42. The Hall–Kier alpha value is -2.52. The first kappa shape index (κ1) is 21.2. The van der Waals surface area contributed by atoms with Crippen LogP contribution in [-0.2, 0) is 17.5 Å². The highest BCUT2D eigenvalue weighted by molar-refractivity contribution is 6.30. The number of hydrogen-bond acceptors (Lipinski definition) is 2. The van der Waals surface area contributed by atoms with Gasteiger partial charge in [-0.05, 0) is 60.9 Å². The third-order valence-corrected chi connectivity index (χ3v) is 5.81. The van der Waals surface area contributed by atoms with Gasteiger partial charge in [0.1, 0.15) is 5.41 Å². The minimum absolute atomic E-state index is 0.0194. The summed E-state index contributed by atoms with van der Waals surface area (Å²) < 4.78 is 39.4. The van der Waals surface area contributed by atoms with E-state index in [2.05, 4.69) is 11.4 Å². The zero-order valence-corrected chi connectivity index (χ0v) is 16.4. The predicted octanol–water partition coefficient (Wildman–Crippen LogP) is 5.84. The Labute approximate surface area is 172 Å². The summed E-state index contributed by atoms with van der Waals surface area (Å²) in [5.41, 5.74) is -0.948. The molecule has 1 aliphatic rings. The van der Waals surface area contributed by atoms with Crippen LogP contribution in [0.5, 0.6) is 0 Å². The molecule has 0 atom stereocenters. The summed E-state index contributed by atoms with van der Waals surface area (Å²) in [5.74, 6) is -0.310. The molecule has 29 heavy (non-hydrogen) atoms. The largest absolute Gasteiger partial charge is 0.416 e. The first-order valence-corrected chi connectivity index (χ1v) is 9.73. The quantitative estimate of drug-likeness (QED) is 0.675. The molecule has 2 aromatic carbocycles. The van der Waals surface area contributed by atoms with Crippen molar-refractivity contribution < 1.29 is 18.0 Å². The van der Waals surface area contributed by atoms with Crippen molar-refractivity contribution in [3.05, 3.63) is 70.2 Å². The van der Waals surface area contributed by atoms with Gasteiger partial charge >= 0.3 is 6.18 Å². The number of halogens is 4. The number of carbonyl (C=O) groups is 1. The van der Waals surface area contributed by atoms with Gasteiger partial charge in [0.2, 0.25) is 5.91 Å². The molecule has 1 amide bonds. The second-order valence-corrected chi connectivity index (χ2v) is 7.80. The molecule has 0 bridgehead atoms. The number of rotatable bonds is 4. The van der Waals surface area contributed by atoms with Crippen LogP contribution in [0.4, 0.5) is 13.2 Å². The Bertz CT molecular complexity index is 928. The molecule has 2 aromatic rings. The maximum Gasteiger partial charge on any atom is 0.416 e. The van der Waals surface area contributed by atoms with Crippen molar-refractivity contribution in [2.75, 3.05) is 0 Å². The van der Waals surface area contributed by atoms with E-state index in [0.717, 1.165) is 11.6 Å². The zero-order chi connectivity index (χ0) is 21.1. The number of benzene rings is 2. The van der Waals surface area contributed by atoms with Crippen LogP contribution in [0.25, 0.3) is 0 Å². The van der Waals surface area contributed by atoms with Crippen LogP contribution in [0.1, 0.15) is 48.3 Å². The number of nitrogens with one attached hydrogen (secondary N) is 1. The number of nitrogens with zero attached hydrogens (tertiary/aromatic N) is 1. The second kappa shape index (κ2) is 8.46. The molecule has 3 nitrogen and oxygen atoms in total. The van der Waals surface area contributed by atoms with Crippen LogP contribution in [0.15, 0.2) is 48.5 Å². The number of amides is 1. The molecule has 0 spiro atoms. The normalized spacial score (nSPS) is 22.0. The molecule has 1 N–H and O–H groups in total. The first-order valence-electron chi connectivity index (χ1n) is 9.35. The van der Waals surface area contributed by atoms with Crippen LogP contribution in [-0.4, -0.2) is 5.91 Å². The Morgan fingerprint density at radius 3 is 2.48 bits per heavy atom. The SMILES string of the molecule is N#CC1(C(=O)NCc2ccccc2C(F)(F)F)CCC(c2cccc(Cl)c2)CC1.